The van der Waals surface area contributed by atoms with Crippen LogP contribution in [0.3, 0.4) is 0 Å². The zero-order valence-corrected chi connectivity index (χ0v) is 18.5. The van der Waals surface area contributed by atoms with E-state index in [1.807, 2.05) is 38.2 Å². The van der Waals surface area contributed by atoms with Crippen molar-refractivity contribution in [3.05, 3.63) is 59.0 Å². The van der Waals surface area contributed by atoms with Gasteiger partial charge in [0.2, 0.25) is 0 Å². The van der Waals surface area contributed by atoms with Crippen LogP contribution in [0.1, 0.15) is 36.6 Å². The molecule has 1 atom stereocenters. The van der Waals surface area contributed by atoms with Crippen LogP contribution < -0.4 is 15.5 Å². The van der Waals surface area contributed by atoms with Crippen LogP contribution in [0, 0.1) is 12.7 Å². The lowest BCUT2D eigenvalue weighted by atomic mass is 10.1. The number of anilines is 1. The number of guanidine groups is 1. The molecule has 0 bridgehead atoms. The number of halogens is 1. The average Bonchev–Trinajstić information content (AvgIpc) is 2.75. The number of hydrogen-bond donors (Lipinski definition) is 2. The average molecular weight is 413 g/mol. The molecule has 0 aliphatic carbocycles. The molecule has 1 aliphatic rings. The molecule has 30 heavy (non-hydrogen) atoms. The lowest BCUT2D eigenvalue weighted by Gasteiger charge is -2.33. The molecule has 1 aromatic carbocycles. The minimum Gasteiger partial charge on any atom is -0.357 e. The highest BCUT2D eigenvalue weighted by molar-refractivity contribution is 5.80. The summed E-state index contributed by atoms with van der Waals surface area (Å²) in [7, 11) is 2.15. The molecule has 7 heteroatoms. The largest absolute Gasteiger partial charge is 0.357 e. The van der Waals surface area contributed by atoms with E-state index in [-0.39, 0.29) is 11.9 Å². The van der Waals surface area contributed by atoms with Crippen molar-refractivity contribution in [1.29, 1.82) is 0 Å². The number of pyridine rings is 1. The molecule has 2 N–H and O–H groups in total. The molecule has 162 valence electrons. The Morgan fingerprint density at radius 2 is 1.97 bits per heavy atom. The second kappa shape index (κ2) is 10.4. The SMILES string of the molecule is CCNC(=NCc1ccnc(N2CCN(C)CC2)c1)NC(C)c1ccc(C)c(F)c1. The van der Waals surface area contributed by atoms with Gasteiger partial charge in [-0.25, -0.2) is 14.4 Å². The van der Waals surface area contributed by atoms with Gasteiger partial charge in [-0.05, 0) is 62.7 Å². The van der Waals surface area contributed by atoms with E-state index in [4.69, 9.17) is 4.99 Å². The molecule has 1 fully saturated rings. The van der Waals surface area contributed by atoms with Crippen molar-refractivity contribution in [2.45, 2.75) is 33.4 Å². The van der Waals surface area contributed by atoms with Crippen molar-refractivity contribution >= 4 is 11.8 Å². The highest BCUT2D eigenvalue weighted by Gasteiger charge is 2.15. The minimum absolute atomic E-state index is 0.0590. The van der Waals surface area contributed by atoms with Gasteiger partial charge in [-0.3, -0.25) is 0 Å². The Morgan fingerprint density at radius 1 is 1.20 bits per heavy atom. The highest BCUT2D eigenvalue weighted by atomic mass is 19.1. The number of hydrogen-bond acceptors (Lipinski definition) is 4. The van der Waals surface area contributed by atoms with E-state index < -0.39 is 0 Å². The first-order chi connectivity index (χ1) is 14.5. The number of benzene rings is 1. The summed E-state index contributed by atoms with van der Waals surface area (Å²) in [6, 6.07) is 9.41. The standard InChI is InChI=1S/C23H33FN6/c1-5-25-23(28-18(3)20-7-6-17(2)21(24)15-20)27-16-19-8-9-26-22(14-19)30-12-10-29(4)11-13-30/h6-9,14-15,18H,5,10-13,16H2,1-4H3,(H2,25,27,28). The first-order valence-corrected chi connectivity index (χ1v) is 10.7. The second-order valence-corrected chi connectivity index (χ2v) is 7.88. The van der Waals surface area contributed by atoms with Crippen LogP contribution in [0.5, 0.6) is 0 Å². The monoisotopic (exact) mass is 412 g/mol. The van der Waals surface area contributed by atoms with E-state index >= 15 is 0 Å². The third-order valence-electron chi connectivity index (χ3n) is 5.45. The quantitative estimate of drug-likeness (QED) is 0.564. The van der Waals surface area contributed by atoms with Crippen LogP contribution in [0.2, 0.25) is 0 Å². The van der Waals surface area contributed by atoms with Gasteiger partial charge in [0.05, 0.1) is 12.6 Å². The van der Waals surface area contributed by atoms with Gasteiger partial charge < -0.3 is 20.4 Å². The molecule has 6 nitrogen and oxygen atoms in total. The fourth-order valence-electron chi connectivity index (χ4n) is 3.42. The van der Waals surface area contributed by atoms with Crippen molar-refractivity contribution < 1.29 is 4.39 Å². The molecule has 1 unspecified atom stereocenters. The maximum absolute atomic E-state index is 13.9. The summed E-state index contributed by atoms with van der Waals surface area (Å²) in [4.78, 5) is 13.9. The van der Waals surface area contributed by atoms with Crippen LogP contribution in [0.25, 0.3) is 0 Å². The number of nitrogens with one attached hydrogen (secondary N) is 2. The van der Waals surface area contributed by atoms with E-state index in [0.29, 0.717) is 18.1 Å². The van der Waals surface area contributed by atoms with Gasteiger partial charge in [0.15, 0.2) is 5.96 Å². The molecule has 2 heterocycles. The van der Waals surface area contributed by atoms with Crippen molar-refractivity contribution in [2.75, 3.05) is 44.7 Å². The molecular weight excluding hydrogens is 379 g/mol. The Hall–Kier alpha value is -2.67. The van der Waals surface area contributed by atoms with Crippen molar-refractivity contribution in [3.8, 4) is 0 Å². The van der Waals surface area contributed by atoms with Crippen LogP contribution in [0.4, 0.5) is 10.2 Å². The van der Waals surface area contributed by atoms with Gasteiger partial charge in [-0.15, -0.1) is 0 Å². The molecular formula is C23H33FN6. The summed E-state index contributed by atoms with van der Waals surface area (Å²) in [6.45, 7) is 11.2. The summed E-state index contributed by atoms with van der Waals surface area (Å²) >= 11 is 0. The maximum atomic E-state index is 13.9. The number of likely N-dealkylation sites (N-methyl/N-ethyl adjacent to an activating group) is 1. The normalized spacial score (nSPS) is 16.4. The molecule has 1 aromatic heterocycles. The second-order valence-electron chi connectivity index (χ2n) is 7.88. The Balaban J connectivity index is 1.67. The minimum atomic E-state index is -0.184. The molecule has 1 saturated heterocycles. The van der Waals surface area contributed by atoms with Gasteiger partial charge in [0.25, 0.3) is 0 Å². The summed E-state index contributed by atoms with van der Waals surface area (Å²) in [6.07, 6.45) is 1.86. The van der Waals surface area contributed by atoms with Gasteiger partial charge in [-0.2, -0.15) is 0 Å². The van der Waals surface area contributed by atoms with E-state index in [2.05, 4.69) is 38.5 Å². The first-order valence-electron chi connectivity index (χ1n) is 10.7. The molecule has 2 aromatic rings. The zero-order valence-electron chi connectivity index (χ0n) is 18.5. The third kappa shape index (κ3) is 5.92. The Bertz CT molecular complexity index is 861. The lowest BCUT2D eigenvalue weighted by molar-refractivity contribution is 0.312. The van der Waals surface area contributed by atoms with Crippen LogP contribution in [-0.4, -0.2) is 55.6 Å². The third-order valence-corrected chi connectivity index (χ3v) is 5.45. The molecule has 0 saturated carbocycles. The predicted octanol–water partition coefficient (Wildman–Crippen LogP) is 3.10. The Labute approximate surface area is 179 Å². The van der Waals surface area contributed by atoms with Crippen molar-refractivity contribution in [2.24, 2.45) is 4.99 Å². The lowest BCUT2D eigenvalue weighted by Crippen LogP contribution is -2.44. The van der Waals surface area contributed by atoms with Gasteiger partial charge in [0.1, 0.15) is 11.6 Å². The van der Waals surface area contributed by atoms with E-state index in [1.54, 1.807) is 13.0 Å². The smallest absolute Gasteiger partial charge is 0.192 e. The zero-order chi connectivity index (χ0) is 21.5. The Kier molecular flexibility index (Phi) is 7.63. The van der Waals surface area contributed by atoms with Crippen LogP contribution in [0.15, 0.2) is 41.5 Å². The highest BCUT2D eigenvalue weighted by Crippen LogP contribution is 2.17. The fraction of sp³-hybridized carbons (Fsp3) is 0.478. The number of piperazine rings is 1. The van der Waals surface area contributed by atoms with E-state index in [0.717, 1.165) is 49.7 Å². The molecule has 3 rings (SSSR count). The van der Waals surface area contributed by atoms with E-state index in [9.17, 15) is 4.39 Å². The predicted molar refractivity (Wildman–Crippen MR) is 121 cm³/mol. The first kappa shape index (κ1) is 22.0. The molecule has 0 radical (unpaired) electrons. The van der Waals surface area contributed by atoms with Crippen molar-refractivity contribution in [3.63, 3.8) is 0 Å². The topological polar surface area (TPSA) is 55.8 Å². The summed E-state index contributed by atoms with van der Waals surface area (Å²) in [5.74, 6) is 1.54. The number of aromatic nitrogens is 1. The van der Waals surface area contributed by atoms with Crippen LogP contribution in [-0.2, 0) is 6.54 Å². The number of rotatable bonds is 6. The summed E-state index contributed by atoms with van der Waals surface area (Å²) in [5.41, 5.74) is 2.66. The number of nitrogens with zero attached hydrogens (tertiary/aromatic N) is 4. The number of aliphatic imine (C=N–C) groups is 1. The molecule has 0 spiro atoms. The maximum Gasteiger partial charge on any atom is 0.192 e. The van der Waals surface area contributed by atoms with E-state index in [1.165, 1.54) is 0 Å². The summed E-state index contributed by atoms with van der Waals surface area (Å²) < 4.78 is 13.9. The van der Waals surface area contributed by atoms with Gasteiger partial charge in [-0.1, -0.05) is 12.1 Å². The Morgan fingerprint density at radius 3 is 2.67 bits per heavy atom. The van der Waals surface area contributed by atoms with Crippen molar-refractivity contribution in [1.82, 2.24) is 20.5 Å². The van der Waals surface area contributed by atoms with Gasteiger partial charge >= 0.3 is 0 Å². The molecule has 0 amide bonds. The molecule has 1 aliphatic heterocycles. The number of aryl methyl sites for hydroxylation is 1. The fourth-order valence-corrected chi connectivity index (χ4v) is 3.42. The van der Waals surface area contributed by atoms with Crippen LogP contribution >= 0.6 is 0 Å². The van der Waals surface area contributed by atoms with Gasteiger partial charge in [0, 0.05) is 38.9 Å². The summed E-state index contributed by atoms with van der Waals surface area (Å²) in [5, 5.41) is 6.65.